The summed E-state index contributed by atoms with van der Waals surface area (Å²) in [5, 5.41) is 11.9. The van der Waals surface area contributed by atoms with Gasteiger partial charge in [0.25, 0.3) is 0 Å². The molecule has 36 heavy (non-hydrogen) atoms. The number of nitrogens with one attached hydrogen (secondary N) is 1. The van der Waals surface area contributed by atoms with E-state index in [0.29, 0.717) is 10.9 Å². The van der Waals surface area contributed by atoms with Crippen LogP contribution in [0.15, 0.2) is 120 Å². The second-order valence-electron chi connectivity index (χ2n) is 8.29. The van der Waals surface area contributed by atoms with Gasteiger partial charge in [-0.3, -0.25) is 4.79 Å². The summed E-state index contributed by atoms with van der Waals surface area (Å²) in [4.78, 5) is 18.3. The maximum Gasteiger partial charge on any atom is 0.242 e. The molecule has 1 atom stereocenters. The first-order chi connectivity index (χ1) is 17.7. The Labute approximate surface area is 214 Å². The van der Waals surface area contributed by atoms with Gasteiger partial charge in [0.15, 0.2) is 0 Å². The summed E-state index contributed by atoms with van der Waals surface area (Å²) in [7, 11) is 0. The molecule has 0 radical (unpaired) electrons. The van der Waals surface area contributed by atoms with Crippen molar-refractivity contribution in [3.63, 3.8) is 0 Å². The van der Waals surface area contributed by atoms with Gasteiger partial charge in [0.1, 0.15) is 16.6 Å². The zero-order valence-corrected chi connectivity index (χ0v) is 20.5. The first kappa shape index (κ1) is 23.5. The van der Waals surface area contributed by atoms with Crippen molar-refractivity contribution in [2.45, 2.75) is 17.3 Å². The largest absolute Gasteiger partial charge is 0.325 e. The second-order valence-corrected chi connectivity index (χ2v) is 9.36. The molecular formula is C30H24N4OS. The number of amides is 1. The predicted molar refractivity (Wildman–Crippen MR) is 146 cm³/mol. The van der Waals surface area contributed by atoms with Crippen LogP contribution in [-0.2, 0) is 4.79 Å². The summed E-state index contributed by atoms with van der Waals surface area (Å²) in [6, 6.07) is 37.2. The van der Waals surface area contributed by atoms with Gasteiger partial charge in [-0.25, -0.2) is 4.98 Å². The molecule has 4 aromatic carbocycles. The van der Waals surface area contributed by atoms with Crippen LogP contribution in [0, 0.1) is 6.92 Å². The molecular weight excluding hydrogens is 464 g/mol. The number of carbonyl (C=O) groups excluding carboxylic acids is 1. The summed E-state index contributed by atoms with van der Waals surface area (Å²) >= 11 is 1.29. The number of aromatic nitrogens is 3. The maximum atomic E-state index is 13.4. The fraction of sp³-hybridized carbons (Fsp3) is 0.0667. The highest BCUT2D eigenvalue weighted by Gasteiger charge is 2.25. The van der Waals surface area contributed by atoms with Gasteiger partial charge in [-0.2, -0.15) is 0 Å². The third-order valence-corrected chi connectivity index (χ3v) is 6.75. The van der Waals surface area contributed by atoms with Crippen molar-refractivity contribution in [1.29, 1.82) is 0 Å². The van der Waals surface area contributed by atoms with Gasteiger partial charge in [0.05, 0.1) is 0 Å². The number of thioether (sulfide) groups is 1. The minimum absolute atomic E-state index is 0.146. The lowest BCUT2D eigenvalue weighted by Gasteiger charge is -2.17. The standard InChI is InChI=1S/C30H24N4OS/c1-21-17-19-25(20-18-21)31-29(35)28(24-15-9-4-10-16-24)36-30-32-26(22-11-5-2-6-12-22)27(33-34-30)23-13-7-3-8-14-23/h2-20,28H,1H3,(H,31,35). The van der Waals surface area contributed by atoms with Gasteiger partial charge in [0.2, 0.25) is 11.1 Å². The highest BCUT2D eigenvalue weighted by atomic mass is 32.2. The molecule has 5 rings (SSSR count). The van der Waals surface area contributed by atoms with Crippen LogP contribution in [0.1, 0.15) is 16.4 Å². The van der Waals surface area contributed by atoms with Crippen molar-refractivity contribution in [2.75, 3.05) is 5.32 Å². The lowest BCUT2D eigenvalue weighted by atomic mass is 10.0. The molecule has 0 aliphatic rings. The van der Waals surface area contributed by atoms with E-state index < -0.39 is 5.25 Å². The van der Waals surface area contributed by atoms with Gasteiger partial charge in [-0.05, 0) is 24.6 Å². The number of hydrogen-bond donors (Lipinski definition) is 1. The molecule has 5 aromatic rings. The van der Waals surface area contributed by atoms with Crippen molar-refractivity contribution >= 4 is 23.4 Å². The van der Waals surface area contributed by atoms with Crippen LogP contribution in [0.4, 0.5) is 5.69 Å². The Morgan fingerprint density at radius 2 is 1.25 bits per heavy atom. The van der Waals surface area contributed by atoms with E-state index in [1.165, 1.54) is 11.8 Å². The lowest BCUT2D eigenvalue weighted by molar-refractivity contribution is -0.115. The smallest absolute Gasteiger partial charge is 0.242 e. The lowest BCUT2D eigenvalue weighted by Crippen LogP contribution is -2.19. The third kappa shape index (κ3) is 5.50. The Kier molecular flexibility index (Phi) is 7.15. The molecule has 0 bridgehead atoms. The van der Waals surface area contributed by atoms with Gasteiger partial charge >= 0.3 is 0 Å². The minimum atomic E-state index is -0.555. The van der Waals surface area contributed by atoms with Crippen molar-refractivity contribution in [1.82, 2.24) is 15.2 Å². The Morgan fingerprint density at radius 3 is 1.86 bits per heavy atom. The first-order valence-corrected chi connectivity index (χ1v) is 12.5. The highest BCUT2D eigenvalue weighted by molar-refractivity contribution is 8.00. The highest BCUT2D eigenvalue weighted by Crippen LogP contribution is 2.36. The molecule has 1 unspecified atom stereocenters. The number of rotatable bonds is 7. The van der Waals surface area contributed by atoms with Crippen molar-refractivity contribution < 1.29 is 4.79 Å². The van der Waals surface area contributed by atoms with Crippen LogP contribution in [0.25, 0.3) is 22.5 Å². The summed E-state index contributed by atoms with van der Waals surface area (Å²) < 4.78 is 0. The Bertz CT molecular complexity index is 1440. The molecule has 6 heteroatoms. The number of anilines is 1. The fourth-order valence-corrected chi connectivity index (χ4v) is 4.70. The van der Waals surface area contributed by atoms with Gasteiger partial charge in [-0.15, -0.1) is 10.2 Å². The molecule has 0 saturated heterocycles. The normalized spacial score (nSPS) is 11.6. The van der Waals surface area contributed by atoms with E-state index in [1.807, 2.05) is 122 Å². The molecule has 0 spiro atoms. The average molecular weight is 489 g/mol. The molecule has 1 N–H and O–H groups in total. The quantitative estimate of drug-likeness (QED) is 0.250. The van der Waals surface area contributed by atoms with E-state index in [0.717, 1.165) is 33.6 Å². The topological polar surface area (TPSA) is 67.8 Å². The van der Waals surface area contributed by atoms with E-state index in [9.17, 15) is 4.79 Å². The van der Waals surface area contributed by atoms with Crippen LogP contribution in [-0.4, -0.2) is 21.1 Å². The predicted octanol–water partition coefficient (Wildman–Crippen LogP) is 6.99. The van der Waals surface area contributed by atoms with E-state index in [1.54, 1.807) is 0 Å². The van der Waals surface area contributed by atoms with Crippen LogP contribution in [0.5, 0.6) is 0 Å². The molecule has 0 saturated carbocycles. The summed E-state index contributed by atoms with van der Waals surface area (Å²) in [6.07, 6.45) is 0. The second kappa shape index (κ2) is 11.0. The van der Waals surface area contributed by atoms with Crippen molar-refractivity contribution in [3.05, 3.63) is 126 Å². The summed E-state index contributed by atoms with van der Waals surface area (Å²) in [6.45, 7) is 2.02. The summed E-state index contributed by atoms with van der Waals surface area (Å²) in [5.74, 6) is -0.146. The Morgan fingerprint density at radius 1 is 0.694 bits per heavy atom. The molecule has 0 aliphatic carbocycles. The zero-order valence-electron chi connectivity index (χ0n) is 19.7. The van der Waals surface area contributed by atoms with Crippen LogP contribution in [0.2, 0.25) is 0 Å². The van der Waals surface area contributed by atoms with E-state index in [4.69, 9.17) is 4.98 Å². The van der Waals surface area contributed by atoms with Crippen molar-refractivity contribution in [3.8, 4) is 22.5 Å². The zero-order chi connectivity index (χ0) is 24.7. The van der Waals surface area contributed by atoms with E-state index >= 15 is 0 Å². The van der Waals surface area contributed by atoms with Crippen LogP contribution >= 0.6 is 11.8 Å². The number of hydrogen-bond acceptors (Lipinski definition) is 5. The fourth-order valence-electron chi connectivity index (χ4n) is 3.80. The minimum Gasteiger partial charge on any atom is -0.325 e. The Balaban J connectivity index is 1.51. The molecule has 1 aromatic heterocycles. The molecule has 1 amide bonds. The third-order valence-electron chi connectivity index (χ3n) is 5.64. The first-order valence-electron chi connectivity index (χ1n) is 11.6. The number of carbonyl (C=O) groups is 1. The van der Waals surface area contributed by atoms with E-state index in [2.05, 4.69) is 15.5 Å². The molecule has 1 heterocycles. The monoisotopic (exact) mass is 488 g/mol. The van der Waals surface area contributed by atoms with Gasteiger partial charge in [0, 0.05) is 16.8 Å². The summed E-state index contributed by atoms with van der Waals surface area (Å²) in [5.41, 5.74) is 6.04. The van der Waals surface area contributed by atoms with Crippen molar-refractivity contribution in [2.24, 2.45) is 0 Å². The number of benzene rings is 4. The Hall–Kier alpha value is -4.29. The molecule has 0 fully saturated rings. The van der Waals surface area contributed by atoms with Crippen LogP contribution < -0.4 is 5.32 Å². The average Bonchev–Trinajstić information content (AvgIpc) is 2.94. The SMILES string of the molecule is Cc1ccc(NC(=O)C(Sc2nnc(-c3ccccc3)c(-c3ccccc3)n2)c2ccccc2)cc1. The van der Waals surface area contributed by atoms with Gasteiger partial charge < -0.3 is 5.32 Å². The maximum absolute atomic E-state index is 13.4. The number of nitrogens with zero attached hydrogens (tertiary/aromatic N) is 3. The molecule has 5 nitrogen and oxygen atoms in total. The number of aryl methyl sites for hydroxylation is 1. The van der Waals surface area contributed by atoms with Gasteiger partial charge in [-0.1, -0.05) is 120 Å². The molecule has 176 valence electrons. The van der Waals surface area contributed by atoms with Crippen LogP contribution in [0.3, 0.4) is 0 Å². The molecule has 0 aliphatic heterocycles. The van der Waals surface area contributed by atoms with E-state index in [-0.39, 0.29) is 5.91 Å².